The second-order valence-corrected chi connectivity index (χ2v) is 12.0. The van der Waals surface area contributed by atoms with E-state index in [4.69, 9.17) is 4.74 Å². The van der Waals surface area contributed by atoms with Crippen LogP contribution in [0.2, 0.25) is 0 Å². The molecule has 3 aromatic carbocycles. The molecule has 1 N–H and O–H groups in total. The van der Waals surface area contributed by atoms with Gasteiger partial charge in [-0.15, -0.1) is 6.58 Å². The summed E-state index contributed by atoms with van der Waals surface area (Å²) in [5.74, 6) is -0.0556. The second-order valence-electron chi connectivity index (χ2n) is 12.0. The number of carbonyl (C=O) groups excluding carboxylic acids is 2. The number of benzene rings is 3. The average Bonchev–Trinajstić information content (AvgIpc) is 3.04. The van der Waals surface area contributed by atoms with Crippen LogP contribution in [0.5, 0.6) is 5.75 Å². The summed E-state index contributed by atoms with van der Waals surface area (Å²) in [5.41, 5.74) is 4.41. The van der Waals surface area contributed by atoms with Crippen LogP contribution >= 0.6 is 0 Å². The van der Waals surface area contributed by atoms with E-state index in [1.54, 1.807) is 18.2 Å². The lowest BCUT2D eigenvalue weighted by atomic mass is 9.92. The first-order valence-corrected chi connectivity index (χ1v) is 15.5. The Morgan fingerprint density at radius 2 is 1.59 bits per heavy atom. The van der Waals surface area contributed by atoms with Crippen molar-refractivity contribution in [2.45, 2.75) is 38.5 Å². The van der Waals surface area contributed by atoms with Crippen molar-refractivity contribution in [2.75, 3.05) is 52.9 Å². The third-order valence-corrected chi connectivity index (χ3v) is 8.93. The summed E-state index contributed by atoms with van der Waals surface area (Å²) in [7, 11) is 1.38. The Balaban J connectivity index is 1.30. The Labute approximate surface area is 261 Å². The molecule has 2 heterocycles. The lowest BCUT2D eigenvalue weighted by Crippen LogP contribution is -2.57. The highest BCUT2D eigenvalue weighted by Gasteiger charge is 2.35. The topological polar surface area (TPSA) is 76.6 Å². The van der Waals surface area contributed by atoms with Gasteiger partial charge in [0.15, 0.2) is 0 Å². The minimum absolute atomic E-state index is 0.0424. The zero-order valence-electron chi connectivity index (χ0n) is 26.1. The number of phenolic OH excluding ortho intramolecular Hbond substituents is 1. The van der Waals surface area contributed by atoms with Gasteiger partial charge >= 0.3 is 5.97 Å². The second kappa shape index (κ2) is 14.2. The van der Waals surface area contributed by atoms with Crippen molar-refractivity contribution in [1.82, 2.24) is 19.6 Å². The van der Waals surface area contributed by atoms with E-state index < -0.39 is 0 Å². The highest BCUT2D eigenvalue weighted by molar-refractivity contribution is 5.94. The number of hydrogen-bond acceptors (Lipinski definition) is 7. The fourth-order valence-corrected chi connectivity index (χ4v) is 6.53. The quantitative estimate of drug-likeness (QED) is 0.281. The number of aromatic hydroxyl groups is 1. The van der Waals surface area contributed by atoms with E-state index in [0.717, 1.165) is 56.0 Å². The van der Waals surface area contributed by atoms with E-state index in [9.17, 15) is 14.7 Å². The van der Waals surface area contributed by atoms with Crippen molar-refractivity contribution in [3.8, 4) is 5.75 Å². The molecule has 2 aliphatic rings. The highest BCUT2D eigenvalue weighted by Crippen LogP contribution is 2.35. The first kappa shape index (κ1) is 31.4. The zero-order valence-corrected chi connectivity index (χ0v) is 26.1. The van der Waals surface area contributed by atoms with Gasteiger partial charge in [0.1, 0.15) is 5.75 Å². The Hall–Kier alpha value is -3.98. The van der Waals surface area contributed by atoms with E-state index in [0.29, 0.717) is 30.3 Å². The van der Waals surface area contributed by atoms with Crippen LogP contribution < -0.4 is 0 Å². The van der Waals surface area contributed by atoms with Crippen molar-refractivity contribution in [3.63, 3.8) is 0 Å². The van der Waals surface area contributed by atoms with E-state index in [1.165, 1.54) is 7.11 Å². The van der Waals surface area contributed by atoms with E-state index >= 15 is 0 Å². The van der Waals surface area contributed by atoms with Crippen LogP contribution in [0.25, 0.3) is 0 Å². The molecule has 3 aromatic rings. The van der Waals surface area contributed by atoms with Gasteiger partial charge in [0.25, 0.3) is 5.91 Å². The van der Waals surface area contributed by atoms with E-state index in [-0.39, 0.29) is 29.7 Å². The fourth-order valence-electron chi connectivity index (χ4n) is 6.53. The summed E-state index contributed by atoms with van der Waals surface area (Å²) in [6.45, 7) is 14.7. The lowest BCUT2D eigenvalue weighted by Gasteiger charge is -2.47. The molecule has 5 rings (SSSR count). The van der Waals surface area contributed by atoms with Crippen LogP contribution in [0, 0.1) is 0 Å². The van der Waals surface area contributed by atoms with Crippen LogP contribution in [0.15, 0.2) is 85.5 Å². The van der Waals surface area contributed by atoms with Crippen LogP contribution in [-0.4, -0.2) is 102 Å². The van der Waals surface area contributed by atoms with Crippen LogP contribution in [0.1, 0.15) is 57.3 Å². The molecule has 8 nitrogen and oxygen atoms in total. The number of hydrogen-bond donors (Lipinski definition) is 1. The number of phenols is 1. The molecule has 0 spiro atoms. The predicted octanol–water partition coefficient (Wildman–Crippen LogP) is 4.81. The van der Waals surface area contributed by atoms with Crippen molar-refractivity contribution >= 4 is 11.9 Å². The van der Waals surface area contributed by atoms with Crippen molar-refractivity contribution in [3.05, 3.63) is 113 Å². The zero-order chi connectivity index (χ0) is 31.2. The molecule has 1 unspecified atom stereocenters. The summed E-state index contributed by atoms with van der Waals surface area (Å²) in [5, 5.41) is 10.4. The number of carbonyl (C=O) groups is 2. The Kier molecular flexibility index (Phi) is 10.1. The van der Waals surface area contributed by atoms with Gasteiger partial charge in [-0.25, -0.2) is 4.79 Å². The first-order valence-electron chi connectivity index (χ1n) is 15.5. The molecular formula is C36H44N4O4. The molecule has 44 heavy (non-hydrogen) atoms. The van der Waals surface area contributed by atoms with Gasteiger partial charge in [0.2, 0.25) is 0 Å². The smallest absolute Gasteiger partial charge is 0.337 e. The molecular weight excluding hydrogens is 552 g/mol. The number of esters is 1. The monoisotopic (exact) mass is 596 g/mol. The standard InChI is InChI=1S/C36H44N4O4/c1-5-16-39-23-27(3)40(24-26(39)2)34(31-9-7-11-33(41)22-31)30-8-6-10-32(21-30)35(42)38-19-17-37(18-20-38)25-28-12-14-29(15-13-28)36(43)44-4/h5-15,21-22,26-27,34,41H,1,16-20,23-25H2,2-4H3/t26-,27-,34?/m1/s1. The molecule has 0 bridgehead atoms. The van der Waals surface area contributed by atoms with Gasteiger partial charge in [0, 0.05) is 70.0 Å². The molecule has 3 atom stereocenters. The minimum atomic E-state index is -0.337. The highest BCUT2D eigenvalue weighted by atomic mass is 16.5. The molecule has 0 saturated carbocycles. The molecule has 1 amide bonds. The van der Waals surface area contributed by atoms with E-state index in [1.807, 2.05) is 53.4 Å². The van der Waals surface area contributed by atoms with Gasteiger partial charge in [-0.1, -0.05) is 42.5 Å². The maximum atomic E-state index is 13.8. The number of nitrogens with zero attached hydrogens (tertiary/aromatic N) is 4. The Morgan fingerprint density at radius 3 is 2.25 bits per heavy atom. The average molecular weight is 597 g/mol. The number of ether oxygens (including phenoxy) is 1. The Bertz CT molecular complexity index is 1450. The molecule has 8 heteroatoms. The number of piperazine rings is 2. The summed E-state index contributed by atoms with van der Waals surface area (Å²) >= 11 is 0. The van der Waals surface area contributed by atoms with Gasteiger partial charge in [-0.2, -0.15) is 0 Å². The molecule has 2 saturated heterocycles. The summed E-state index contributed by atoms with van der Waals surface area (Å²) in [6.07, 6.45) is 1.96. The Morgan fingerprint density at radius 1 is 0.909 bits per heavy atom. The van der Waals surface area contributed by atoms with Crippen LogP contribution in [-0.2, 0) is 11.3 Å². The van der Waals surface area contributed by atoms with Crippen molar-refractivity contribution in [2.24, 2.45) is 0 Å². The summed E-state index contributed by atoms with van der Waals surface area (Å²) in [6, 6.07) is 23.5. The molecule has 0 radical (unpaired) electrons. The molecule has 2 aliphatic heterocycles. The molecule has 2 fully saturated rings. The number of rotatable bonds is 9. The first-order chi connectivity index (χ1) is 21.3. The molecule has 0 aromatic heterocycles. The van der Waals surface area contributed by atoms with Gasteiger partial charge in [-0.3, -0.25) is 19.5 Å². The maximum absolute atomic E-state index is 13.8. The third-order valence-electron chi connectivity index (χ3n) is 8.93. The normalized spacial score (nSPS) is 20.7. The van der Waals surface area contributed by atoms with Crippen molar-refractivity contribution in [1.29, 1.82) is 0 Å². The van der Waals surface area contributed by atoms with Gasteiger partial charge < -0.3 is 14.7 Å². The number of methoxy groups -OCH3 is 1. The third kappa shape index (κ3) is 7.21. The largest absolute Gasteiger partial charge is 0.508 e. The van der Waals surface area contributed by atoms with Gasteiger partial charge in [-0.05, 0) is 66.9 Å². The van der Waals surface area contributed by atoms with Crippen molar-refractivity contribution < 1.29 is 19.4 Å². The van der Waals surface area contributed by atoms with Crippen LogP contribution in [0.4, 0.5) is 0 Å². The fraction of sp³-hybridized carbons (Fsp3) is 0.389. The van der Waals surface area contributed by atoms with E-state index in [2.05, 4.69) is 47.3 Å². The molecule has 0 aliphatic carbocycles. The summed E-state index contributed by atoms with van der Waals surface area (Å²) in [4.78, 5) is 34.7. The minimum Gasteiger partial charge on any atom is -0.508 e. The predicted molar refractivity (Wildman–Crippen MR) is 173 cm³/mol. The maximum Gasteiger partial charge on any atom is 0.337 e. The SMILES string of the molecule is C=CCN1C[C@@H](C)N(C(c2cccc(O)c2)c2cccc(C(=O)N3CCN(Cc4ccc(C(=O)OC)cc4)CC3)c2)C[C@H]1C. The lowest BCUT2D eigenvalue weighted by molar-refractivity contribution is 0.0306. The molecule has 232 valence electrons. The number of amides is 1. The summed E-state index contributed by atoms with van der Waals surface area (Å²) < 4.78 is 4.79. The van der Waals surface area contributed by atoms with Gasteiger partial charge in [0.05, 0.1) is 18.7 Å². The van der Waals surface area contributed by atoms with Crippen LogP contribution in [0.3, 0.4) is 0 Å².